The fourth-order valence-electron chi connectivity index (χ4n) is 2.83. The Morgan fingerprint density at radius 3 is 2.85 bits per heavy atom. The summed E-state index contributed by atoms with van der Waals surface area (Å²) in [6.07, 6.45) is 4.99. The van der Waals surface area contributed by atoms with Crippen LogP contribution in [0.2, 0.25) is 5.02 Å². The Hall–Kier alpha value is -1.26. The molecule has 0 radical (unpaired) electrons. The second-order valence-corrected chi connectivity index (χ2v) is 6.78. The van der Waals surface area contributed by atoms with Crippen molar-refractivity contribution in [2.45, 2.75) is 25.7 Å². The van der Waals surface area contributed by atoms with Crippen LogP contribution in [-0.2, 0) is 0 Å². The molecule has 20 heavy (non-hydrogen) atoms. The number of nitrogen functional groups attached to an aromatic ring is 1. The summed E-state index contributed by atoms with van der Waals surface area (Å²) in [6, 6.07) is 5.62. The first-order valence-electron chi connectivity index (χ1n) is 6.91. The number of carbonyl (C=O) groups excluding carboxylic acids is 1. The number of hydrogen-bond donors (Lipinski definition) is 2. The van der Waals surface area contributed by atoms with Crippen LogP contribution in [0.5, 0.6) is 0 Å². The lowest BCUT2D eigenvalue weighted by atomic mass is 10.1. The van der Waals surface area contributed by atoms with Crippen LogP contribution in [0.1, 0.15) is 35.4 Å². The van der Waals surface area contributed by atoms with Crippen molar-refractivity contribution >= 4 is 44.6 Å². The van der Waals surface area contributed by atoms with Gasteiger partial charge in [-0.1, -0.05) is 30.5 Å². The summed E-state index contributed by atoms with van der Waals surface area (Å²) < 4.78 is 0.959. The Morgan fingerprint density at radius 2 is 2.15 bits per heavy atom. The maximum Gasteiger partial charge on any atom is 0.263 e. The molecule has 106 valence electrons. The fraction of sp³-hybridized carbons (Fsp3) is 0.400. The third-order valence-electron chi connectivity index (χ3n) is 3.93. The SMILES string of the molecule is Nc1c(C(=O)NCC2CCCC2)sc2cccc(Cl)c12. The number of hydrogen-bond acceptors (Lipinski definition) is 3. The van der Waals surface area contributed by atoms with E-state index in [1.165, 1.54) is 37.0 Å². The Kier molecular flexibility index (Phi) is 3.85. The molecule has 1 aliphatic rings. The van der Waals surface area contributed by atoms with Gasteiger partial charge in [0, 0.05) is 16.6 Å². The van der Waals surface area contributed by atoms with E-state index in [2.05, 4.69) is 5.32 Å². The van der Waals surface area contributed by atoms with Gasteiger partial charge in [0.05, 0.1) is 10.7 Å². The number of anilines is 1. The number of halogens is 1. The van der Waals surface area contributed by atoms with Gasteiger partial charge in [0.15, 0.2) is 0 Å². The molecule has 1 aromatic heterocycles. The van der Waals surface area contributed by atoms with E-state index in [0.717, 1.165) is 16.6 Å². The van der Waals surface area contributed by atoms with E-state index in [1.54, 1.807) is 6.07 Å². The average Bonchev–Trinajstić information content (AvgIpc) is 3.05. The van der Waals surface area contributed by atoms with Gasteiger partial charge in [0.1, 0.15) is 4.88 Å². The molecule has 0 atom stereocenters. The molecule has 1 heterocycles. The second kappa shape index (κ2) is 5.62. The lowest BCUT2D eigenvalue weighted by Gasteiger charge is -2.10. The minimum absolute atomic E-state index is 0.0772. The summed E-state index contributed by atoms with van der Waals surface area (Å²) >= 11 is 7.56. The lowest BCUT2D eigenvalue weighted by molar-refractivity contribution is 0.0952. The molecule has 1 amide bonds. The molecular weight excluding hydrogens is 292 g/mol. The van der Waals surface area contributed by atoms with Crippen LogP contribution in [0.4, 0.5) is 5.69 Å². The van der Waals surface area contributed by atoms with Crippen molar-refractivity contribution in [2.75, 3.05) is 12.3 Å². The third kappa shape index (κ3) is 2.50. The van der Waals surface area contributed by atoms with E-state index in [-0.39, 0.29) is 5.91 Å². The molecule has 0 aliphatic heterocycles. The standard InChI is InChI=1S/C15H17ClN2OS/c16-10-6-3-7-11-12(10)13(17)14(20-11)15(19)18-8-9-4-1-2-5-9/h3,6-7,9H,1-2,4-5,8,17H2,(H,18,19). The predicted octanol–water partition coefficient (Wildman–Crippen LogP) is 4.06. The number of nitrogens with one attached hydrogen (secondary N) is 1. The maximum atomic E-state index is 12.3. The summed E-state index contributed by atoms with van der Waals surface area (Å²) in [6.45, 7) is 0.750. The number of rotatable bonds is 3. The zero-order valence-corrected chi connectivity index (χ0v) is 12.7. The third-order valence-corrected chi connectivity index (χ3v) is 5.42. The van der Waals surface area contributed by atoms with Gasteiger partial charge in [-0.05, 0) is 30.9 Å². The molecule has 0 bridgehead atoms. The highest BCUT2D eigenvalue weighted by Crippen LogP contribution is 2.38. The monoisotopic (exact) mass is 308 g/mol. The van der Waals surface area contributed by atoms with Crippen molar-refractivity contribution in [3.05, 3.63) is 28.1 Å². The number of carbonyl (C=O) groups is 1. The molecule has 3 nitrogen and oxygen atoms in total. The summed E-state index contributed by atoms with van der Waals surface area (Å²) in [5, 5.41) is 4.41. The summed E-state index contributed by atoms with van der Waals surface area (Å²) in [7, 11) is 0. The lowest BCUT2D eigenvalue weighted by Crippen LogP contribution is -2.28. The van der Waals surface area contributed by atoms with Gasteiger partial charge in [-0.2, -0.15) is 0 Å². The molecule has 5 heteroatoms. The fourth-order valence-corrected chi connectivity index (χ4v) is 4.23. The minimum atomic E-state index is -0.0772. The van der Waals surface area contributed by atoms with E-state index in [0.29, 0.717) is 21.5 Å². The Labute approximate surface area is 127 Å². The Morgan fingerprint density at radius 1 is 1.40 bits per heavy atom. The number of benzene rings is 1. The molecule has 0 spiro atoms. The van der Waals surface area contributed by atoms with Crippen molar-refractivity contribution in [3.8, 4) is 0 Å². The molecule has 1 aliphatic carbocycles. The molecule has 1 fully saturated rings. The van der Waals surface area contributed by atoms with Gasteiger partial charge in [-0.15, -0.1) is 11.3 Å². The first kappa shape index (κ1) is 13.7. The first-order chi connectivity index (χ1) is 9.66. The van der Waals surface area contributed by atoms with Crippen LogP contribution in [0.3, 0.4) is 0 Å². The first-order valence-corrected chi connectivity index (χ1v) is 8.11. The molecular formula is C15H17ClN2OS. The van der Waals surface area contributed by atoms with Gasteiger partial charge in [0.2, 0.25) is 0 Å². The van der Waals surface area contributed by atoms with Crippen molar-refractivity contribution < 1.29 is 4.79 Å². The van der Waals surface area contributed by atoms with E-state index in [1.807, 2.05) is 12.1 Å². The minimum Gasteiger partial charge on any atom is -0.397 e. The van der Waals surface area contributed by atoms with Gasteiger partial charge < -0.3 is 11.1 Å². The second-order valence-electron chi connectivity index (χ2n) is 5.32. The van der Waals surface area contributed by atoms with Crippen LogP contribution in [0, 0.1) is 5.92 Å². The highest BCUT2D eigenvalue weighted by atomic mass is 35.5. The van der Waals surface area contributed by atoms with Crippen LogP contribution >= 0.6 is 22.9 Å². The average molecular weight is 309 g/mol. The van der Waals surface area contributed by atoms with E-state index < -0.39 is 0 Å². The maximum absolute atomic E-state index is 12.3. The zero-order valence-electron chi connectivity index (χ0n) is 11.1. The topological polar surface area (TPSA) is 55.1 Å². The zero-order chi connectivity index (χ0) is 14.1. The Bertz CT molecular complexity index is 647. The number of amides is 1. The van der Waals surface area contributed by atoms with Crippen LogP contribution < -0.4 is 11.1 Å². The van der Waals surface area contributed by atoms with Gasteiger partial charge in [0.25, 0.3) is 5.91 Å². The van der Waals surface area contributed by atoms with Crippen LogP contribution in [-0.4, -0.2) is 12.5 Å². The quantitative estimate of drug-likeness (QED) is 0.898. The summed E-state index contributed by atoms with van der Waals surface area (Å²) in [5.41, 5.74) is 6.59. The van der Waals surface area contributed by atoms with Crippen molar-refractivity contribution in [2.24, 2.45) is 5.92 Å². The molecule has 1 saturated carbocycles. The highest BCUT2D eigenvalue weighted by molar-refractivity contribution is 7.21. The normalized spacial score (nSPS) is 15.8. The van der Waals surface area contributed by atoms with Gasteiger partial charge in [-0.25, -0.2) is 0 Å². The smallest absolute Gasteiger partial charge is 0.263 e. The number of nitrogens with two attached hydrogens (primary N) is 1. The van der Waals surface area contributed by atoms with Gasteiger partial charge >= 0.3 is 0 Å². The Balaban J connectivity index is 1.80. The molecule has 2 aromatic rings. The summed E-state index contributed by atoms with van der Waals surface area (Å²) in [5.74, 6) is 0.546. The molecule has 3 rings (SSSR count). The van der Waals surface area contributed by atoms with Gasteiger partial charge in [-0.3, -0.25) is 4.79 Å². The van der Waals surface area contributed by atoms with Crippen LogP contribution in [0.25, 0.3) is 10.1 Å². The van der Waals surface area contributed by atoms with E-state index in [9.17, 15) is 4.79 Å². The van der Waals surface area contributed by atoms with E-state index in [4.69, 9.17) is 17.3 Å². The molecule has 0 unspecified atom stereocenters. The van der Waals surface area contributed by atoms with E-state index >= 15 is 0 Å². The molecule has 1 aromatic carbocycles. The molecule has 3 N–H and O–H groups in total. The van der Waals surface area contributed by atoms with Crippen molar-refractivity contribution in [3.63, 3.8) is 0 Å². The van der Waals surface area contributed by atoms with Crippen molar-refractivity contribution in [1.82, 2.24) is 5.32 Å². The summed E-state index contributed by atoms with van der Waals surface area (Å²) in [4.78, 5) is 12.9. The largest absolute Gasteiger partial charge is 0.397 e. The number of fused-ring (bicyclic) bond motifs is 1. The van der Waals surface area contributed by atoms with Crippen LogP contribution in [0.15, 0.2) is 18.2 Å². The highest BCUT2D eigenvalue weighted by Gasteiger charge is 2.20. The number of thiophene rings is 1. The molecule has 0 saturated heterocycles. The van der Waals surface area contributed by atoms with Crippen molar-refractivity contribution in [1.29, 1.82) is 0 Å². The predicted molar refractivity (Wildman–Crippen MR) is 85.5 cm³/mol.